The van der Waals surface area contributed by atoms with Crippen molar-refractivity contribution in [2.75, 3.05) is 7.05 Å². The van der Waals surface area contributed by atoms with Crippen LogP contribution in [0.3, 0.4) is 0 Å². The number of amidine groups is 1. The molecule has 0 bridgehead atoms. The lowest BCUT2D eigenvalue weighted by Crippen LogP contribution is -2.23. The smallest absolute Gasteiger partial charge is 0.300 e. The Labute approximate surface area is 117 Å². The van der Waals surface area contributed by atoms with Crippen LogP contribution in [-0.4, -0.2) is 33.8 Å². The molecule has 0 saturated carbocycles. The van der Waals surface area contributed by atoms with Gasteiger partial charge in [0.2, 0.25) is 6.19 Å². The summed E-state index contributed by atoms with van der Waals surface area (Å²) >= 11 is 5.67. The maximum atomic E-state index is 9.00. The minimum atomic E-state index is -0.833. The van der Waals surface area contributed by atoms with Crippen molar-refractivity contribution in [1.82, 2.24) is 9.88 Å². The molecular formula is C12H15ClN4O2. The lowest BCUT2D eigenvalue weighted by atomic mass is 10.3. The number of aliphatic carboxylic acids is 1. The molecule has 0 aromatic carbocycles. The zero-order valence-corrected chi connectivity index (χ0v) is 11.7. The molecule has 1 N–H and O–H groups in total. The predicted molar refractivity (Wildman–Crippen MR) is 72.7 cm³/mol. The summed E-state index contributed by atoms with van der Waals surface area (Å²) in [5.74, 6) is -0.160. The minimum Gasteiger partial charge on any atom is -0.481 e. The van der Waals surface area contributed by atoms with E-state index < -0.39 is 5.97 Å². The maximum absolute atomic E-state index is 9.00. The van der Waals surface area contributed by atoms with E-state index in [1.54, 1.807) is 25.4 Å². The zero-order chi connectivity index (χ0) is 14.8. The van der Waals surface area contributed by atoms with Crippen molar-refractivity contribution in [3.63, 3.8) is 0 Å². The summed E-state index contributed by atoms with van der Waals surface area (Å²) < 4.78 is 0. The number of nitriles is 1. The van der Waals surface area contributed by atoms with E-state index in [4.69, 9.17) is 26.8 Å². The van der Waals surface area contributed by atoms with E-state index >= 15 is 0 Å². The van der Waals surface area contributed by atoms with Crippen molar-refractivity contribution >= 4 is 23.4 Å². The molecule has 6 nitrogen and oxygen atoms in total. The van der Waals surface area contributed by atoms with Crippen LogP contribution in [0.5, 0.6) is 0 Å². The molecule has 0 atom stereocenters. The SMILES string of the molecule is CC(=NC#N)N(C)Cc1ccc(Cl)nc1.CC(=O)O. The van der Waals surface area contributed by atoms with Crippen LogP contribution in [0.2, 0.25) is 5.15 Å². The number of rotatable bonds is 2. The average molecular weight is 283 g/mol. The number of carboxylic acids is 1. The molecule has 1 aromatic rings. The summed E-state index contributed by atoms with van der Waals surface area (Å²) in [5.41, 5.74) is 1.02. The van der Waals surface area contributed by atoms with Crippen LogP contribution in [0.15, 0.2) is 23.3 Å². The minimum absolute atomic E-state index is 0.476. The second kappa shape index (κ2) is 8.89. The molecule has 1 heterocycles. The molecule has 19 heavy (non-hydrogen) atoms. The third-order valence-electron chi connectivity index (χ3n) is 1.97. The molecule has 0 aliphatic rings. The first kappa shape index (κ1) is 16.9. The largest absolute Gasteiger partial charge is 0.481 e. The summed E-state index contributed by atoms with van der Waals surface area (Å²) in [7, 11) is 1.87. The first-order chi connectivity index (χ1) is 8.86. The van der Waals surface area contributed by atoms with Crippen molar-refractivity contribution in [2.24, 2.45) is 4.99 Å². The summed E-state index contributed by atoms with van der Waals surface area (Å²) in [6.45, 7) is 3.52. The Balaban J connectivity index is 0.000000711. The third-order valence-corrected chi connectivity index (χ3v) is 2.20. The fourth-order valence-corrected chi connectivity index (χ4v) is 1.16. The van der Waals surface area contributed by atoms with Crippen molar-refractivity contribution in [2.45, 2.75) is 20.4 Å². The van der Waals surface area contributed by atoms with Crippen molar-refractivity contribution in [3.05, 3.63) is 29.0 Å². The summed E-state index contributed by atoms with van der Waals surface area (Å²) in [4.78, 5) is 18.5. The molecule has 0 aliphatic heterocycles. The van der Waals surface area contributed by atoms with Crippen LogP contribution < -0.4 is 0 Å². The molecule has 7 heteroatoms. The highest BCUT2D eigenvalue weighted by molar-refractivity contribution is 6.29. The van der Waals surface area contributed by atoms with Gasteiger partial charge >= 0.3 is 0 Å². The maximum Gasteiger partial charge on any atom is 0.300 e. The van der Waals surface area contributed by atoms with E-state index in [0.29, 0.717) is 17.5 Å². The molecule has 1 rings (SSSR count). The zero-order valence-electron chi connectivity index (χ0n) is 11.0. The molecule has 0 aliphatic carbocycles. The van der Waals surface area contributed by atoms with E-state index in [1.165, 1.54) is 0 Å². The second-order valence-corrected chi connectivity index (χ2v) is 4.01. The number of pyridine rings is 1. The predicted octanol–water partition coefficient (Wildman–Crippen LogP) is 2.16. The van der Waals surface area contributed by atoms with Gasteiger partial charge in [-0.25, -0.2) is 4.98 Å². The van der Waals surface area contributed by atoms with Crippen LogP contribution in [0, 0.1) is 11.5 Å². The number of carbonyl (C=O) groups is 1. The molecule has 0 saturated heterocycles. The van der Waals surface area contributed by atoms with Gasteiger partial charge in [-0.2, -0.15) is 10.3 Å². The Hall–Kier alpha value is -2.13. The number of hydrogen-bond acceptors (Lipinski definition) is 4. The van der Waals surface area contributed by atoms with E-state index in [2.05, 4.69) is 9.98 Å². The Bertz CT molecular complexity index is 475. The quantitative estimate of drug-likeness (QED) is 0.388. The highest BCUT2D eigenvalue weighted by atomic mass is 35.5. The number of aliphatic imine (C=N–C) groups is 1. The molecule has 102 valence electrons. The summed E-state index contributed by atoms with van der Waals surface area (Å²) in [6.07, 6.45) is 3.46. The molecule has 0 radical (unpaired) electrons. The summed E-state index contributed by atoms with van der Waals surface area (Å²) in [6, 6.07) is 3.63. The first-order valence-corrected chi connectivity index (χ1v) is 5.69. The third kappa shape index (κ3) is 8.57. The monoisotopic (exact) mass is 282 g/mol. The Kier molecular flexibility index (Phi) is 7.89. The van der Waals surface area contributed by atoms with Gasteiger partial charge < -0.3 is 10.0 Å². The van der Waals surface area contributed by atoms with Gasteiger partial charge in [-0.15, -0.1) is 0 Å². The summed E-state index contributed by atoms with van der Waals surface area (Å²) in [5, 5.41) is 16.3. The van der Waals surface area contributed by atoms with Gasteiger partial charge in [-0.1, -0.05) is 17.7 Å². The Morgan fingerprint density at radius 1 is 1.58 bits per heavy atom. The van der Waals surface area contributed by atoms with Gasteiger partial charge in [-0.3, -0.25) is 4.79 Å². The van der Waals surface area contributed by atoms with E-state index in [1.807, 2.05) is 18.0 Å². The normalized spacial score (nSPS) is 9.95. The van der Waals surface area contributed by atoms with Gasteiger partial charge in [0.1, 0.15) is 11.0 Å². The van der Waals surface area contributed by atoms with Crippen LogP contribution >= 0.6 is 11.6 Å². The fraction of sp³-hybridized carbons (Fsp3) is 0.333. The fourth-order valence-electron chi connectivity index (χ4n) is 1.05. The highest BCUT2D eigenvalue weighted by Gasteiger charge is 2.02. The standard InChI is InChI=1S/C10H11ClN4.C2H4O2/c1-8(14-7-12)15(2)6-9-3-4-10(11)13-5-9;1-2(3)4/h3-5H,6H2,1-2H3;1H3,(H,3,4). The first-order valence-electron chi connectivity index (χ1n) is 5.31. The van der Waals surface area contributed by atoms with Crippen molar-refractivity contribution in [1.29, 1.82) is 5.26 Å². The van der Waals surface area contributed by atoms with E-state index in [9.17, 15) is 0 Å². The second-order valence-electron chi connectivity index (χ2n) is 3.62. The topological polar surface area (TPSA) is 89.6 Å². The van der Waals surface area contributed by atoms with Crippen LogP contribution in [0.25, 0.3) is 0 Å². The van der Waals surface area contributed by atoms with E-state index in [0.717, 1.165) is 12.5 Å². The van der Waals surface area contributed by atoms with Crippen LogP contribution in [-0.2, 0) is 11.3 Å². The number of nitrogens with zero attached hydrogens (tertiary/aromatic N) is 4. The Morgan fingerprint density at radius 3 is 2.58 bits per heavy atom. The number of halogens is 1. The Morgan fingerprint density at radius 2 is 2.16 bits per heavy atom. The average Bonchev–Trinajstić information content (AvgIpc) is 2.31. The van der Waals surface area contributed by atoms with Gasteiger partial charge in [0.05, 0.1) is 0 Å². The highest BCUT2D eigenvalue weighted by Crippen LogP contribution is 2.07. The van der Waals surface area contributed by atoms with Crippen LogP contribution in [0.4, 0.5) is 0 Å². The molecule has 0 spiro atoms. The molecule has 1 aromatic heterocycles. The van der Waals surface area contributed by atoms with Gasteiger partial charge in [0.15, 0.2) is 0 Å². The van der Waals surface area contributed by atoms with Crippen molar-refractivity contribution < 1.29 is 9.90 Å². The van der Waals surface area contributed by atoms with Crippen LogP contribution in [0.1, 0.15) is 19.4 Å². The van der Waals surface area contributed by atoms with Gasteiger partial charge in [-0.05, 0) is 18.6 Å². The lowest BCUT2D eigenvalue weighted by Gasteiger charge is -2.17. The number of carboxylic acid groups (broad SMARTS) is 1. The van der Waals surface area contributed by atoms with E-state index in [-0.39, 0.29) is 0 Å². The van der Waals surface area contributed by atoms with Gasteiger partial charge in [0, 0.05) is 26.7 Å². The number of hydrogen-bond donors (Lipinski definition) is 1. The molecule has 0 unspecified atom stereocenters. The van der Waals surface area contributed by atoms with Crippen molar-refractivity contribution in [3.8, 4) is 6.19 Å². The number of aromatic nitrogens is 1. The molecular weight excluding hydrogens is 268 g/mol. The van der Waals surface area contributed by atoms with Gasteiger partial charge in [0.25, 0.3) is 5.97 Å². The molecule has 0 fully saturated rings. The lowest BCUT2D eigenvalue weighted by molar-refractivity contribution is -0.134. The molecule has 0 amide bonds.